The normalized spacial score (nSPS) is 6.23. The molecule has 0 fully saturated rings. The van der Waals surface area contributed by atoms with E-state index in [9.17, 15) is 4.79 Å². The van der Waals surface area contributed by atoms with E-state index in [1.54, 1.807) is 6.92 Å². The number of rotatable bonds is 1. The van der Waals surface area contributed by atoms with Gasteiger partial charge in [-0.25, -0.2) is 9.59 Å². The SMILES string of the molecule is CCC(=O)O.O=C(O)C(=O)O.[Ca+2].[Ca+2].[H-].[H-].[H-].[H-]. The maximum absolute atomic E-state index is 9.37. The Balaban J connectivity index is -0.0000000118. The van der Waals surface area contributed by atoms with Crippen LogP contribution in [0, 0.1) is 0 Å². The van der Waals surface area contributed by atoms with Crippen molar-refractivity contribution >= 4 is 93.4 Å². The molecule has 6 nitrogen and oxygen atoms in total. The van der Waals surface area contributed by atoms with Gasteiger partial charge in [0, 0.05) is 6.42 Å². The monoisotopic (exact) mass is 248 g/mol. The van der Waals surface area contributed by atoms with Crippen molar-refractivity contribution in [3.05, 3.63) is 0 Å². The van der Waals surface area contributed by atoms with E-state index in [-0.39, 0.29) is 87.6 Å². The molecule has 0 aliphatic rings. The van der Waals surface area contributed by atoms with Crippen LogP contribution in [0.1, 0.15) is 19.1 Å². The fourth-order valence-electron chi connectivity index (χ4n) is 0. The average molecular weight is 248 g/mol. The maximum atomic E-state index is 9.37. The Morgan fingerprint density at radius 3 is 1.15 bits per heavy atom. The Morgan fingerprint density at radius 1 is 1.00 bits per heavy atom. The Labute approximate surface area is 140 Å². The van der Waals surface area contributed by atoms with Crippen molar-refractivity contribution in [1.29, 1.82) is 0 Å². The van der Waals surface area contributed by atoms with Gasteiger partial charge >= 0.3 is 93.4 Å². The van der Waals surface area contributed by atoms with Crippen LogP contribution in [0.25, 0.3) is 0 Å². The molecule has 0 aromatic carbocycles. The molecule has 0 aliphatic heterocycles. The molecule has 3 N–H and O–H groups in total. The van der Waals surface area contributed by atoms with Gasteiger partial charge in [-0.2, -0.15) is 0 Å². The van der Waals surface area contributed by atoms with Crippen LogP contribution >= 0.6 is 0 Å². The predicted octanol–water partition coefficient (Wildman–Crippen LogP) is -0.675. The number of aliphatic carboxylic acids is 3. The summed E-state index contributed by atoms with van der Waals surface area (Å²) >= 11 is 0. The first-order valence-corrected chi connectivity index (χ1v) is 2.59. The van der Waals surface area contributed by atoms with E-state index in [0.717, 1.165) is 0 Å². The number of carboxylic acids is 3. The second-order valence-electron chi connectivity index (χ2n) is 1.36. The van der Waals surface area contributed by atoms with Crippen LogP contribution in [0.4, 0.5) is 0 Å². The van der Waals surface area contributed by atoms with Crippen molar-refractivity contribution in [3.63, 3.8) is 0 Å². The minimum atomic E-state index is -1.82. The van der Waals surface area contributed by atoms with Gasteiger partial charge < -0.3 is 21.0 Å². The van der Waals surface area contributed by atoms with E-state index in [4.69, 9.17) is 24.9 Å². The first-order chi connectivity index (χ1) is 4.91. The predicted molar refractivity (Wildman–Crippen MR) is 49.2 cm³/mol. The summed E-state index contributed by atoms with van der Waals surface area (Å²) in [6.07, 6.45) is 0.222. The summed E-state index contributed by atoms with van der Waals surface area (Å²) in [7, 11) is 0. The third kappa shape index (κ3) is 32.2. The van der Waals surface area contributed by atoms with E-state index in [2.05, 4.69) is 0 Å². The zero-order chi connectivity index (χ0) is 9.44. The molecule has 0 heterocycles. The third-order valence-electron chi connectivity index (χ3n) is 0.485. The first-order valence-electron chi connectivity index (χ1n) is 2.59. The first kappa shape index (κ1) is 23.6. The van der Waals surface area contributed by atoms with Crippen LogP contribution in [0.2, 0.25) is 0 Å². The average Bonchev–Trinajstić information content (AvgIpc) is 1.89. The molecule has 0 atom stereocenters. The maximum Gasteiger partial charge on any atom is 2.00 e. The standard InChI is InChI=1S/C3H6O2.C2H2O4.2Ca.4H/c1-2-3(4)5;3-1(4)2(5)6;;;;;;/h2H2,1H3,(H,4,5);(H,3,4)(H,5,6);;;;;;/q;;2*+2;4*-1. The fourth-order valence-corrected chi connectivity index (χ4v) is 0. The number of hydrogen-bond donors (Lipinski definition) is 3. The van der Waals surface area contributed by atoms with Gasteiger partial charge in [0.15, 0.2) is 0 Å². The number of hydrogen-bond acceptors (Lipinski definition) is 3. The Kier molecular flexibility index (Phi) is 28.0. The summed E-state index contributed by atoms with van der Waals surface area (Å²) in [4.78, 5) is 27.6. The van der Waals surface area contributed by atoms with Crippen LogP contribution < -0.4 is 0 Å². The van der Waals surface area contributed by atoms with E-state index >= 15 is 0 Å². The van der Waals surface area contributed by atoms with Crippen LogP contribution in [-0.2, 0) is 14.4 Å². The molecule has 0 spiro atoms. The molecule has 72 valence electrons. The van der Waals surface area contributed by atoms with Gasteiger partial charge in [0.1, 0.15) is 0 Å². The van der Waals surface area contributed by atoms with Crippen LogP contribution in [-0.4, -0.2) is 109 Å². The molecule has 0 saturated heterocycles. The van der Waals surface area contributed by atoms with Gasteiger partial charge in [0.25, 0.3) is 0 Å². The molecule has 0 unspecified atom stereocenters. The molecule has 0 aromatic heterocycles. The molecule has 0 radical (unpaired) electrons. The smallest absolute Gasteiger partial charge is 1.00 e. The van der Waals surface area contributed by atoms with Crippen molar-refractivity contribution in [3.8, 4) is 0 Å². The largest absolute Gasteiger partial charge is 2.00 e. The van der Waals surface area contributed by atoms with Crippen molar-refractivity contribution in [1.82, 2.24) is 0 Å². The van der Waals surface area contributed by atoms with Crippen molar-refractivity contribution in [2.45, 2.75) is 13.3 Å². The van der Waals surface area contributed by atoms with Gasteiger partial charge in [-0.15, -0.1) is 0 Å². The Bertz CT molecular complexity index is 170. The van der Waals surface area contributed by atoms with Crippen LogP contribution in [0.15, 0.2) is 0 Å². The van der Waals surface area contributed by atoms with Gasteiger partial charge in [-0.1, -0.05) is 6.92 Å². The van der Waals surface area contributed by atoms with Gasteiger partial charge in [-0.3, -0.25) is 4.79 Å². The minimum Gasteiger partial charge on any atom is -1.00 e. The van der Waals surface area contributed by atoms with Gasteiger partial charge in [0.05, 0.1) is 0 Å². The van der Waals surface area contributed by atoms with Crippen LogP contribution in [0.5, 0.6) is 0 Å². The van der Waals surface area contributed by atoms with Crippen molar-refractivity contribution in [2.75, 3.05) is 0 Å². The topological polar surface area (TPSA) is 112 Å². The molecule has 0 saturated carbocycles. The van der Waals surface area contributed by atoms with Crippen molar-refractivity contribution in [2.24, 2.45) is 0 Å². The molecule has 13 heavy (non-hydrogen) atoms. The summed E-state index contributed by atoms with van der Waals surface area (Å²) in [5, 5.41) is 22.5. The number of carbonyl (C=O) groups is 3. The summed E-state index contributed by atoms with van der Waals surface area (Å²) in [5.74, 6) is -4.39. The van der Waals surface area contributed by atoms with E-state index < -0.39 is 17.9 Å². The fraction of sp³-hybridized carbons (Fsp3) is 0.400. The Morgan fingerprint density at radius 2 is 1.15 bits per heavy atom. The van der Waals surface area contributed by atoms with Gasteiger partial charge in [-0.05, 0) is 0 Å². The molecule has 0 amide bonds. The second kappa shape index (κ2) is 15.4. The second-order valence-corrected chi connectivity index (χ2v) is 1.36. The molecular weight excluding hydrogens is 236 g/mol. The van der Waals surface area contributed by atoms with Gasteiger partial charge in [0.2, 0.25) is 0 Å². The zero-order valence-electron chi connectivity index (χ0n) is 11.2. The molecular formula is C5H12Ca2O6. The molecule has 0 bridgehead atoms. The van der Waals surface area contributed by atoms with E-state index in [0.29, 0.717) is 0 Å². The molecule has 8 heteroatoms. The summed E-state index contributed by atoms with van der Waals surface area (Å²) in [6.45, 7) is 1.60. The molecule has 0 rings (SSSR count). The zero-order valence-corrected chi connectivity index (χ0v) is 11.6. The Hall–Kier alpha value is 0.929. The molecule has 0 aromatic rings. The quantitative estimate of drug-likeness (QED) is 0.419. The van der Waals surface area contributed by atoms with E-state index in [1.165, 1.54) is 0 Å². The summed E-state index contributed by atoms with van der Waals surface area (Å²) in [6, 6.07) is 0. The summed E-state index contributed by atoms with van der Waals surface area (Å²) < 4.78 is 0. The summed E-state index contributed by atoms with van der Waals surface area (Å²) in [5.41, 5.74) is 0. The number of carboxylic acid groups (broad SMARTS) is 3. The molecule has 0 aliphatic carbocycles. The minimum absolute atomic E-state index is 0. The van der Waals surface area contributed by atoms with Crippen LogP contribution in [0.3, 0.4) is 0 Å². The third-order valence-corrected chi connectivity index (χ3v) is 0.485. The van der Waals surface area contributed by atoms with Crippen molar-refractivity contribution < 1.29 is 35.4 Å². The van der Waals surface area contributed by atoms with E-state index in [1.807, 2.05) is 0 Å².